The van der Waals surface area contributed by atoms with Crippen LogP contribution in [0, 0.1) is 0 Å². The van der Waals surface area contributed by atoms with Crippen molar-refractivity contribution in [3.63, 3.8) is 0 Å². The van der Waals surface area contributed by atoms with E-state index in [1.165, 1.54) is 5.56 Å². The molecule has 0 aliphatic carbocycles. The molecule has 0 saturated carbocycles. The fraction of sp³-hybridized carbons (Fsp3) is 0.250. The van der Waals surface area contributed by atoms with Crippen LogP contribution in [0.3, 0.4) is 0 Å². The molecular formula is C24H24N4O. The summed E-state index contributed by atoms with van der Waals surface area (Å²) >= 11 is 0. The van der Waals surface area contributed by atoms with Crippen molar-refractivity contribution in [1.82, 2.24) is 19.0 Å². The summed E-state index contributed by atoms with van der Waals surface area (Å²) in [4.78, 5) is 20.4. The van der Waals surface area contributed by atoms with Crippen molar-refractivity contribution in [1.29, 1.82) is 0 Å². The minimum Gasteiger partial charge on any atom is -0.297 e. The van der Waals surface area contributed by atoms with Crippen molar-refractivity contribution in [2.45, 2.75) is 25.6 Å². The second kappa shape index (κ2) is 7.68. The highest BCUT2D eigenvalue weighted by atomic mass is 16.1. The maximum absolute atomic E-state index is 13.4. The summed E-state index contributed by atoms with van der Waals surface area (Å²) in [7, 11) is 0. The van der Waals surface area contributed by atoms with E-state index in [-0.39, 0.29) is 11.7 Å². The smallest absolute Gasteiger partial charge is 0.297 e. The number of likely N-dealkylation sites (tertiary alicyclic amines) is 1. The molecule has 4 aromatic rings. The van der Waals surface area contributed by atoms with Gasteiger partial charge in [0.2, 0.25) is 0 Å². The Balaban J connectivity index is 1.46. The van der Waals surface area contributed by atoms with Crippen LogP contribution in [0.4, 0.5) is 0 Å². The number of rotatable bonds is 5. The minimum atomic E-state index is 0.0362. The Hall–Kier alpha value is -3.18. The van der Waals surface area contributed by atoms with Gasteiger partial charge in [-0.25, -0.2) is 9.78 Å². The molecule has 5 heteroatoms. The zero-order chi connectivity index (χ0) is 19.6. The molecule has 5 rings (SSSR count). The van der Waals surface area contributed by atoms with Gasteiger partial charge in [-0.3, -0.25) is 14.0 Å². The molecule has 2 aromatic carbocycles. The molecule has 1 aliphatic rings. The topological polar surface area (TPSA) is 43.1 Å². The lowest BCUT2D eigenvalue weighted by Gasteiger charge is -2.16. The third-order valence-corrected chi connectivity index (χ3v) is 5.77. The van der Waals surface area contributed by atoms with E-state index in [0.29, 0.717) is 6.54 Å². The van der Waals surface area contributed by atoms with E-state index in [9.17, 15) is 4.79 Å². The number of benzene rings is 2. The van der Waals surface area contributed by atoms with Crippen LogP contribution in [0.15, 0.2) is 83.8 Å². The molecular weight excluding hydrogens is 360 g/mol. The molecule has 0 radical (unpaired) electrons. The molecule has 1 fully saturated rings. The Morgan fingerprint density at radius 1 is 0.862 bits per heavy atom. The van der Waals surface area contributed by atoms with Gasteiger partial charge in [0.25, 0.3) is 0 Å². The molecule has 5 nitrogen and oxygen atoms in total. The zero-order valence-electron chi connectivity index (χ0n) is 16.3. The summed E-state index contributed by atoms with van der Waals surface area (Å²) in [5, 5.41) is 0. The summed E-state index contributed by atoms with van der Waals surface area (Å²) in [6.45, 7) is 3.34. The average Bonchev–Trinajstić information content (AvgIpc) is 3.32. The van der Waals surface area contributed by atoms with Crippen LogP contribution in [0.2, 0.25) is 0 Å². The Morgan fingerprint density at radius 2 is 1.55 bits per heavy atom. The van der Waals surface area contributed by atoms with Crippen molar-refractivity contribution in [2.75, 3.05) is 13.1 Å². The van der Waals surface area contributed by atoms with E-state index in [1.807, 2.05) is 45.5 Å². The molecule has 1 saturated heterocycles. The van der Waals surface area contributed by atoms with Crippen LogP contribution in [0.25, 0.3) is 11.2 Å². The van der Waals surface area contributed by atoms with Crippen LogP contribution >= 0.6 is 0 Å². The summed E-state index contributed by atoms with van der Waals surface area (Å²) in [5.74, 6) is 0. The lowest BCUT2D eigenvalue weighted by atomic mass is 10.2. The van der Waals surface area contributed by atoms with E-state index >= 15 is 0 Å². The summed E-state index contributed by atoms with van der Waals surface area (Å²) < 4.78 is 3.78. The van der Waals surface area contributed by atoms with Crippen LogP contribution in [-0.4, -0.2) is 32.1 Å². The highest BCUT2D eigenvalue weighted by molar-refractivity contribution is 5.71. The summed E-state index contributed by atoms with van der Waals surface area (Å²) in [5.41, 5.74) is 4.16. The fourth-order valence-electron chi connectivity index (χ4n) is 4.36. The van der Waals surface area contributed by atoms with Gasteiger partial charge >= 0.3 is 5.69 Å². The molecule has 0 unspecified atom stereocenters. The molecule has 0 amide bonds. The minimum absolute atomic E-state index is 0.0362. The van der Waals surface area contributed by atoms with Gasteiger partial charge in [-0.15, -0.1) is 0 Å². The molecule has 0 bridgehead atoms. The number of nitrogens with zero attached hydrogens (tertiary/aromatic N) is 4. The standard InChI is InChI=1S/C24H24N4O/c29-24-27(17-20-10-5-2-6-11-20)22-12-7-14-25-23(22)28(24)21-13-15-26(18-21)16-19-8-3-1-4-9-19/h1-12,14,21H,13,15-18H2/t21-/m1/s1. The van der Waals surface area contributed by atoms with Gasteiger partial charge in [-0.05, 0) is 29.7 Å². The summed E-state index contributed by atoms with van der Waals surface area (Å²) in [6.07, 6.45) is 2.75. The maximum Gasteiger partial charge on any atom is 0.330 e. The van der Waals surface area contributed by atoms with Gasteiger partial charge in [0.15, 0.2) is 5.65 Å². The van der Waals surface area contributed by atoms with Crippen molar-refractivity contribution < 1.29 is 0 Å². The first-order chi connectivity index (χ1) is 14.3. The molecule has 0 spiro atoms. The van der Waals surface area contributed by atoms with E-state index in [0.717, 1.165) is 42.8 Å². The third-order valence-electron chi connectivity index (χ3n) is 5.77. The van der Waals surface area contributed by atoms with Crippen molar-refractivity contribution in [3.05, 3.63) is 101 Å². The van der Waals surface area contributed by atoms with E-state index in [4.69, 9.17) is 0 Å². The number of hydrogen-bond acceptors (Lipinski definition) is 3. The molecule has 29 heavy (non-hydrogen) atoms. The van der Waals surface area contributed by atoms with Crippen LogP contribution in [0.1, 0.15) is 23.6 Å². The van der Waals surface area contributed by atoms with Gasteiger partial charge in [0.1, 0.15) is 0 Å². The normalized spacial score (nSPS) is 17.2. The first kappa shape index (κ1) is 17.9. The van der Waals surface area contributed by atoms with E-state index in [2.05, 4.69) is 46.3 Å². The number of imidazole rings is 1. The van der Waals surface area contributed by atoms with E-state index in [1.54, 1.807) is 6.20 Å². The highest BCUT2D eigenvalue weighted by Gasteiger charge is 2.28. The largest absolute Gasteiger partial charge is 0.330 e. The number of hydrogen-bond donors (Lipinski definition) is 0. The molecule has 3 heterocycles. The first-order valence-electron chi connectivity index (χ1n) is 10.2. The number of fused-ring (bicyclic) bond motifs is 1. The lowest BCUT2D eigenvalue weighted by molar-refractivity contribution is 0.315. The van der Waals surface area contributed by atoms with Crippen molar-refractivity contribution in [2.24, 2.45) is 0 Å². The number of pyridine rings is 1. The van der Waals surface area contributed by atoms with Crippen LogP contribution in [-0.2, 0) is 13.1 Å². The van der Waals surface area contributed by atoms with Gasteiger partial charge in [-0.2, -0.15) is 0 Å². The average molecular weight is 384 g/mol. The van der Waals surface area contributed by atoms with Crippen molar-refractivity contribution >= 4 is 11.2 Å². The van der Waals surface area contributed by atoms with Crippen LogP contribution < -0.4 is 5.69 Å². The predicted molar refractivity (Wildman–Crippen MR) is 115 cm³/mol. The monoisotopic (exact) mass is 384 g/mol. The van der Waals surface area contributed by atoms with Gasteiger partial charge < -0.3 is 0 Å². The van der Waals surface area contributed by atoms with Crippen LogP contribution in [0.5, 0.6) is 0 Å². The van der Waals surface area contributed by atoms with Crippen molar-refractivity contribution in [3.8, 4) is 0 Å². The first-order valence-corrected chi connectivity index (χ1v) is 10.2. The molecule has 1 atom stereocenters. The molecule has 1 aliphatic heterocycles. The predicted octanol–water partition coefficient (Wildman–Crippen LogP) is 3.69. The second-order valence-corrected chi connectivity index (χ2v) is 7.73. The quantitative estimate of drug-likeness (QED) is 0.527. The SMILES string of the molecule is O=c1n(Cc2ccccc2)c2cccnc2n1[C@@H]1CCN(Cc2ccccc2)C1. The number of aromatic nitrogens is 3. The Labute approximate surface area is 169 Å². The molecule has 2 aromatic heterocycles. The Bertz CT molecular complexity index is 1160. The highest BCUT2D eigenvalue weighted by Crippen LogP contribution is 2.25. The van der Waals surface area contributed by atoms with Gasteiger partial charge in [-0.1, -0.05) is 60.7 Å². The third kappa shape index (κ3) is 3.49. The van der Waals surface area contributed by atoms with E-state index < -0.39 is 0 Å². The van der Waals surface area contributed by atoms with Gasteiger partial charge in [0.05, 0.1) is 18.1 Å². The molecule has 146 valence electrons. The molecule has 0 N–H and O–H groups in total. The Morgan fingerprint density at radius 3 is 2.28 bits per heavy atom. The zero-order valence-corrected chi connectivity index (χ0v) is 16.3. The fourth-order valence-corrected chi connectivity index (χ4v) is 4.36. The van der Waals surface area contributed by atoms with Gasteiger partial charge in [0, 0.05) is 25.8 Å². The summed E-state index contributed by atoms with van der Waals surface area (Å²) in [6, 6.07) is 24.7. The maximum atomic E-state index is 13.4. The lowest BCUT2D eigenvalue weighted by Crippen LogP contribution is -2.30. The Kier molecular flexibility index (Phi) is 4.74. The second-order valence-electron chi connectivity index (χ2n) is 7.73.